The van der Waals surface area contributed by atoms with Crippen molar-refractivity contribution in [1.82, 2.24) is 10.3 Å². The third-order valence-electron chi connectivity index (χ3n) is 3.55. The average molecular weight is 305 g/mol. The largest absolute Gasteiger partial charge is 0.504 e. The minimum absolute atomic E-state index is 0.0209. The lowest BCUT2D eigenvalue weighted by Crippen LogP contribution is -2.42. The van der Waals surface area contributed by atoms with E-state index in [-0.39, 0.29) is 11.7 Å². The summed E-state index contributed by atoms with van der Waals surface area (Å²) in [6, 6.07) is 4.11. The zero-order chi connectivity index (χ0) is 16.3. The van der Waals surface area contributed by atoms with Gasteiger partial charge in [-0.3, -0.25) is 4.79 Å². The molecule has 7 heteroatoms. The zero-order valence-electron chi connectivity index (χ0n) is 12.8. The maximum Gasteiger partial charge on any atom is 0.346 e. The summed E-state index contributed by atoms with van der Waals surface area (Å²) in [7, 11) is 0. The number of benzene rings is 1. The highest BCUT2D eigenvalue weighted by Gasteiger charge is 2.46. The van der Waals surface area contributed by atoms with Crippen LogP contribution >= 0.6 is 0 Å². The molecule has 1 aliphatic rings. The van der Waals surface area contributed by atoms with Gasteiger partial charge in [0.1, 0.15) is 5.54 Å². The quantitative estimate of drug-likeness (QED) is 0.641. The Morgan fingerprint density at radius 2 is 2.14 bits per heavy atom. The normalized spacial score (nSPS) is 21.5. The third kappa shape index (κ3) is 2.88. The number of urea groups is 1. The van der Waals surface area contributed by atoms with E-state index in [1.165, 1.54) is 12.3 Å². The molecule has 1 aromatic carbocycles. The van der Waals surface area contributed by atoms with Crippen molar-refractivity contribution in [2.24, 2.45) is 5.10 Å². The molecule has 0 bridgehead atoms. The van der Waals surface area contributed by atoms with Gasteiger partial charge in [0, 0.05) is 0 Å². The molecule has 0 spiro atoms. The molecule has 0 unspecified atom stereocenters. The molecule has 0 aliphatic carbocycles. The van der Waals surface area contributed by atoms with Gasteiger partial charge in [-0.1, -0.05) is 6.92 Å². The number of imide groups is 1. The maximum absolute atomic E-state index is 12.2. The highest BCUT2D eigenvalue weighted by molar-refractivity contribution is 6.07. The fourth-order valence-corrected chi connectivity index (χ4v) is 2.02. The molecule has 1 aromatic rings. The van der Waals surface area contributed by atoms with Crippen molar-refractivity contribution in [3.63, 3.8) is 0 Å². The highest BCUT2D eigenvalue weighted by Crippen LogP contribution is 2.26. The molecule has 0 saturated carbocycles. The molecular formula is C15H19N3O4. The van der Waals surface area contributed by atoms with E-state index in [1.54, 1.807) is 26.0 Å². The van der Waals surface area contributed by atoms with E-state index in [0.717, 1.165) is 5.01 Å². The van der Waals surface area contributed by atoms with Gasteiger partial charge in [0.2, 0.25) is 0 Å². The Labute approximate surface area is 128 Å². The van der Waals surface area contributed by atoms with Crippen LogP contribution in [0.2, 0.25) is 0 Å². The van der Waals surface area contributed by atoms with E-state index in [9.17, 15) is 14.7 Å². The molecule has 0 radical (unpaired) electrons. The van der Waals surface area contributed by atoms with Crippen molar-refractivity contribution in [2.75, 3.05) is 6.61 Å². The van der Waals surface area contributed by atoms with Crippen LogP contribution in [0, 0.1) is 0 Å². The number of phenolic OH excluding ortho intramolecular Hbond substituents is 1. The van der Waals surface area contributed by atoms with Crippen molar-refractivity contribution in [3.8, 4) is 11.5 Å². The van der Waals surface area contributed by atoms with Gasteiger partial charge < -0.3 is 15.2 Å². The Hall–Kier alpha value is -2.57. The summed E-state index contributed by atoms with van der Waals surface area (Å²) in [5.41, 5.74) is -0.313. The Balaban J connectivity index is 2.20. The first-order chi connectivity index (χ1) is 10.4. The lowest BCUT2D eigenvalue weighted by molar-refractivity contribution is -0.130. The minimum Gasteiger partial charge on any atom is -0.504 e. The Kier molecular flexibility index (Phi) is 4.35. The van der Waals surface area contributed by atoms with Crippen LogP contribution in [0.15, 0.2) is 23.3 Å². The van der Waals surface area contributed by atoms with E-state index in [4.69, 9.17) is 4.74 Å². The number of carbonyl (C=O) groups is 2. The molecule has 0 aromatic heterocycles. The van der Waals surface area contributed by atoms with Crippen molar-refractivity contribution < 1.29 is 19.4 Å². The number of rotatable bonds is 5. The van der Waals surface area contributed by atoms with Gasteiger partial charge in [-0.05, 0) is 44.0 Å². The summed E-state index contributed by atoms with van der Waals surface area (Å²) in [6.07, 6.45) is 1.86. The summed E-state index contributed by atoms with van der Waals surface area (Å²) in [5.74, 6) is -0.0466. The number of hydrogen-bond acceptors (Lipinski definition) is 5. The summed E-state index contributed by atoms with van der Waals surface area (Å²) < 4.78 is 5.27. The SMILES string of the molecule is CCOc1cc(/C=N/N2C(=O)N[C@](C)(CC)C2=O)ccc1O. The first-order valence-corrected chi connectivity index (χ1v) is 7.07. The van der Waals surface area contributed by atoms with Crippen LogP contribution in [-0.4, -0.2) is 40.4 Å². The van der Waals surface area contributed by atoms with Gasteiger partial charge >= 0.3 is 6.03 Å². The first kappa shape index (κ1) is 15.8. The van der Waals surface area contributed by atoms with Crippen molar-refractivity contribution in [3.05, 3.63) is 23.8 Å². The Morgan fingerprint density at radius 1 is 1.41 bits per heavy atom. The fourth-order valence-electron chi connectivity index (χ4n) is 2.02. The summed E-state index contributed by atoms with van der Waals surface area (Å²) in [4.78, 5) is 24.0. The number of nitrogens with zero attached hydrogens (tertiary/aromatic N) is 2. The lowest BCUT2D eigenvalue weighted by atomic mass is 10.00. The number of carbonyl (C=O) groups excluding carboxylic acids is 2. The molecule has 3 amide bonds. The van der Waals surface area contributed by atoms with Gasteiger partial charge in [0.05, 0.1) is 12.8 Å². The predicted molar refractivity (Wildman–Crippen MR) is 80.9 cm³/mol. The summed E-state index contributed by atoms with van der Waals surface area (Å²) in [5, 5.41) is 17.0. The van der Waals surface area contributed by atoms with Crippen molar-refractivity contribution >= 4 is 18.2 Å². The maximum atomic E-state index is 12.2. The Bertz CT molecular complexity index is 629. The topological polar surface area (TPSA) is 91.2 Å². The molecular weight excluding hydrogens is 286 g/mol. The van der Waals surface area contributed by atoms with E-state index in [2.05, 4.69) is 10.4 Å². The van der Waals surface area contributed by atoms with Crippen molar-refractivity contribution in [1.29, 1.82) is 0 Å². The molecule has 7 nitrogen and oxygen atoms in total. The van der Waals surface area contributed by atoms with Gasteiger partial charge in [-0.2, -0.15) is 5.10 Å². The van der Waals surface area contributed by atoms with E-state index in [1.807, 2.05) is 6.92 Å². The lowest BCUT2D eigenvalue weighted by Gasteiger charge is -2.17. The highest BCUT2D eigenvalue weighted by atomic mass is 16.5. The van der Waals surface area contributed by atoms with Crippen LogP contribution in [0.4, 0.5) is 4.79 Å². The summed E-state index contributed by atoms with van der Waals surface area (Å²) in [6.45, 7) is 5.70. The second-order valence-corrected chi connectivity index (χ2v) is 5.14. The van der Waals surface area contributed by atoms with Gasteiger partial charge in [0.15, 0.2) is 11.5 Å². The Morgan fingerprint density at radius 3 is 2.73 bits per heavy atom. The smallest absolute Gasteiger partial charge is 0.346 e. The van der Waals surface area contributed by atoms with Gasteiger partial charge in [-0.15, -0.1) is 5.01 Å². The van der Waals surface area contributed by atoms with Crippen LogP contribution in [0.3, 0.4) is 0 Å². The molecule has 1 fully saturated rings. The molecule has 1 atom stereocenters. The van der Waals surface area contributed by atoms with Crippen LogP contribution in [-0.2, 0) is 4.79 Å². The van der Waals surface area contributed by atoms with E-state index >= 15 is 0 Å². The third-order valence-corrected chi connectivity index (χ3v) is 3.55. The molecule has 1 aliphatic heterocycles. The van der Waals surface area contributed by atoms with E-state index < -0.39 is 11.6 Å². The standard InChI is InChI=1S/C15H19N3O4/c1-4-15(3)13(20)18(14(21)17-15)16-9-10-6-7-11(19)12(8-10)22-5-2/h6-9,19H,4-5H2,1-3H3,(H,17,21)/b16-9+/t15-/m1/s1. The molecule has 1 saturated heterocycles. The van der Waals surface area contributed by atoms with Gasteiger partial charge in [-0.25, -0.2) is 4.79 Å². The molecule has 2 rings (SSSR count). The van der Waals surface area contributed by atoms with Gasteiger partial charge in [0.25, 0.3) is 5.91 Å². The monoisotopic (exact) mass is 305 g/mol. The van der Waals surface area contributed by atoms with Crippen molar-refractivity contribution in [2.45, 2.75) is 32.7 Å². The second-order valence-electron chi connectivity index (χ2n) is 5.14. The number of aromatic hydroxyl groups is 1. The number of amides is 3. The number of phenols is 1. The zero-order valence-corrected chi connectivity index (χ0v) is 12.8. The van der Waals surface area contributed by atoms with Crippen LogP contribution in [0.1, 0.15) is 32.8 Å². The van der Waals surface area contributed by atoms with Crippen LogP contribution < -0.4 is 10.1 Å². The number of hydrogen-bond donors (Lipinski definition) is 2. The fraction of sp³-hybridized carbons (Fsp3) is 0.400. The van der Waals surface area contributed by atoms with Crippen LogP contribution in [0.5, 0.6) is 11.5 Å². The number of nitrogens with one attached hydrogen (secondary N) is 1. The molecule has 2 N–H and O–H groups in total. The second kappa shape index (κ2) is 6.05. The predicted octanol–water partition coefficient (Wildman–Crippen LogP) is 1.85. The van der Waals surface area contributed by atoms with E-state index in [0.29, 0.717) is 24.3 Å². The van der Waals surface area contributed by atoms with Crippen LogP contribution in [0.25, 0.3) is 0 Å². The number of hydrazone groups is 1. The first-order valence-electron chi connectivity index (χ1n) is 7.07. The number of ether oxygens (including phenoxy) is 1. The minimum atomic E-state index is -0.917. The average Bonchev–Trinajstić information content (AvgIpc) is 2.71. The molecule has 1 heterocycles. The summed E-state index contributed by atoms with van der Waals surface area (Å²) >= 11 is 0. The molecule has 22 heavy (non-hydrogen) atoms. The molecule has 118 valence electrons.